The zero-order valence-electron chi connectivity index (χ0n) is 10.3. The van der Waals surface area contributed by atoms with Gasteiger partial charge in [0.1, 0.15) is 11.4 Å². The minimum atomic E-state index is -0.544. The van der Waals surface area contributed by atoms with E-state index >= 15 is 0 Å². The molecule has 1 amide bonds. The largest absolute Gasteiger partial charge is 0.508 e. The molecule has 5 nitrogen and oxygen atoms in total. The van der Waals surface area contributed by atoms with Gasteiger partial charge in [0.15, 0.2) is 0 Å². The van der Waals surface area contributed by atoms with Gasteiger partial charge in [-0.2, -0.15) is 0 Å². The van der Waals surface area contributed by atoms with Crippen molar-refractivity contribution in [2.24, 2.45) is 5.73 Å². The van der Waals surface area contributed by atoms with Gasteiger partial charge in [-0.1, -0.05) is 0 Å². The minimum absolute atomic E-state index is 0.113. The Morgan fingerprint density at radius 3 is 2.65 bits per heavy atom. The lowest BCUT2D eigenvalue weighted by Crippen LogP contribution is -2.27. The number of carbonyl (C=O) groups is 1. The van der Waals surface area contributed by atoms with Crippen molar-refractivity contribution in [3.8, 4) is 5.75 Å². The van der Waals surface area contributed by atoms with E-state index in [0.717, 1.165) is 0 Å². The molecule has 94 valence electrons. The van der Waals surface area contributed by atoms with Gasteiger partial charge in [-0.05, 0) is 39.0 Å². The number of ether oxygens (including phenoxy) is 1. The summed E-state index contributed by atoms with van der Waals surface area (Å²) in [5.41, 5.74) is 6.01. The molecule has 0 radical (unpaired) electrons. The summed E-state index contributed by atoms with van der Waals surface area (Å²) in [6.07, 6.45) is -0.536. The first-order valence-corrected chi connectivity index (χ1v) is 5.34. The highest BCUT2D eigenvalue weighted by molar-refractivity contribution is 5.85. The lowest BCUT2D eigenvalue weighted by Gasteiger charge is -2.19. The third-order valence-electron chi connectivity index (χ3n) is 1.94. The van der Waals surface area contributed by atoms with E-state index in [-0.39, 0.29) is 12.3 Å². The molecule has 0 unspecified atom stereocenters. The van der Waals surface area contributed by atoms with E-state index in [1.807, 2.05) is 0 Å². The maximum Gasteiger partial charge on any atom is 0.412 e. The van der Waals surface area contributed by atoms with Crippen molar-refractivity contribution >= 4 is 11.8 Å². The summed E-state index contributed by atoms with van der Waals surface area (Å²) in [4.78, 5) is 11.5. The van der Waals surface area contributed by atoms with Crippen LogP contribution in [0, 0.1) is 0 Å². The number of phenols is 1. The molecular weight excluding hydrogens is 220 g/mol. The summed E-state index contributed by atoms with van der Waals surface area (Å²) >= 11 is 0. The van der Waals surface area contributed by atoms with Crippen LogP contribution < -0.4 is 11.1 Å². The Hall–Kier alpha value is -1.75. The molecule has 0 heterocycles. The van der Waals surface area contributed by atoms with Gasteiger partial charge in [0.05, 0.1) is 0 Å². The monoisotopic (exact) mass is 238 g/mol. The first kappa shape index (κ1) is 13.3. The summed E-state index contributed by atoms with van der Waals surface area (Å²) in [7, 11) is 0. The second-order valence-corrected chi connectivity index (χ2v) is 4.67. The van der Waals surface area contributed by atoms with Crippen LogP contribution in [0.25, 0.3) is 0 Å². The molecule has 0 fully saturated rings. The van der Waals surface area contributed by atoms with Gasteiger partial charge in [0.2, 0.25) is 0 Å². The Balaban J connectivity index is 2.72. The number of hydrogen-bond acceptors (Lipinski definition) is 4. The van der Waals surface area contributed by atoms with E-state index in [1.165, 1.54) is 6.07 Å². The first-order chi connectivity index (χ1) is 7.81. The SMILES string of the molecule is CC(C)(C)OC(=O)Nc1ccc(O)c(CN)c1. The van der Waals surface area contributed by atoms with Crippen molar-refractivity contribution in [3.63, 3.8) is 0 Å². The van der Waals surface area contributed by atoms with Crippen molar-refractivity contribution in [3.05, 3.63) is 23.8 Å². The zero-order chi connectivity index (χ0) is 13.1. The average Bonchev–Trinajstić information content (AvgIpc) is 2.18. The van der Waals surface area contributed by atoms with Gasteiger partial charge in [0, 0.05) is 17.8 Å². The van der Waals surface area contributed by atoms with E-state index in [0.29, 0.717) is 11.3 Å². The number of phenolic OH excluding ortho intramolecular Hbond substituents is 1. The molecule has 0 saturated carbocycles. The van der Waals surface area contributed by atoms with Gasteiger partial charge in [0.25, 0.3) is 0 Å². The number of benzene rings is 1. The van der Waals surface area contributed by atoms with Crippen molar-refractivity contribution in [2.75, 3.05) is 5.32 Å². The summed E-state index contributed by atoms with van der Waals surface area (Å²) in [6, 6.07) is 4.67. The van der Waals surface area contributed by atoms with Crippen LogP contribution in [0.15, 0.2) is 18.2 Å². The van der Waals surface area contributed by atoms with Crippen LogP contribution in [0.4, 0.5) is 10.5 Å². The maximum atomic E-state index is 11.5. The Bertz CT molecular complexity index is 411. The van der Waals surface area contributed by atoms with Crippen molar-refractivity contribution in [1.29, 1.82) is 0 Å². The lowest BCUT2D eigenvalue weighted by molar-refractivity contribution is 0.0636. The quantitative estimate of drug-likeness (QED) is 0.689. The average molecular weight is 238 g/mol. The second-order valence-electron chi connectivity index (χ2n) is 4.67. The van der Waals surface area contributed by atoms with Gasteiger partial charge in [-0.3, -0.25) is 5.32 Å². The lowest BCUT2D eigenvalue weighted by atomic mass is 10.2. The molecule has 1 aromatic rings. The molecule has 5 heteroatoms. The number of rotatable bonds is 2. The number of hydrogen-bond donors (Lipinski definition) is 3. The fourth-order valence-electron chi connectivity index (χ4n) is 1.25. The van der Waals surface area contributed by atoms with Crippen LogP contribution in [0.5, 0.6) is 5.75 Å². The maximum absolute atomic E-state index is 11.5. The molecule has 0 aliphatic heterocycles. The number of amides is 1. The molecule has 17 heavy (non-hydrogen) atoms. The molecule has 4 N–H and O–H groups in total. The molecule has 0 saturated heterocycles. The van der Waals surface area contributed by atoms with Gasteiger partial charge < -0.3 is 15.6 Å². The third-order valence-corrected chi connectivity index (χ3v) is 1.94. The predicted octanol–water partition coefficient (Wildman–Crippen LogP) is 2.20. The van der Waals surface area contributed by atoms with Gasteiger partial charge >= 0.3 is 6.09 Å². The van der Waals surface area contributed by atoms with Gasteiger partial charge in [-0.15, -0.1) is 0 Å². The third kappa shape index (κ3) is 4.32. The summed E-state index contributed by atoms with van der Waals surface area (Å²) in [5.74, 6) is 0.113. The molecule has 0 bridgehead atoms. The smallest absolute Gasteiger partial charge is 0.412 e. The molecule has 0 aliphatic rings. The van der Waals surface area contributed by atoms with Crippen LogP contribution in [0.2, 0.25) is 0 Å². The van der Waals surface area contributed by atoms with E-state index in [2.05, 4.69) is 5.32 Å². The van der Waals surface area contributed by atoms with E-state index in [1.54, 1.807) is 32.9 Å². The molecule has 1 aromatic carbocycles. The van der Waals surface area contributed by atoms with Crippen LogP contribution in [0.1, 0.15) is 26.3 Å². The standard InChI is InChI=1S/C12H18N2O3/c1-12(2,3)17-11(16)14-9-4-5-10(15)8(6-9)7-13/h4-6,15H,7,13H2,1-3H3,(H,14,16). The highest BCUT2D eigenvalue weighted by Gasteiger charge is 2.16. The van der Waals surface area contributed by atoms with E-state index in [9.17, 15) is 9.90 Å². The first-order valence-electron chi connectivity index (χ1n) is 5.34. The fourth-order valence-corrected chi connectivity index (χ4v) is 1.25. The highest BCUT2D eigenvalue weighted by Crippen LogP contribution is 2.21. The molecular formula is C12H18N2O3. The minimum Gasteiger partial charge on any atom is -0.508 e. The van der Waals surface area contributed by atoms with Crippen LogP contribution in [-0.4, -0.2) is 16.8 Å². The van der Waals surface area contributed by atoms with Crippen LogP contribution in [-0.2, 0) is 11.3 Å². The number of aromatic hydroxyl groups is 1. The summed E-state index contributed by atoms with van der Waals surface area (Å²) in [6.45, 7) is 5.56. The Kier molecular flexibility index (Phi) is 3.96. The second kappa shape index (κ2) is 5.05. The summed E-state index contributed by atoms with van der Waals surface area (Å²) < 4.78 is 5.10. The van der Waals surface area contributed by atoms with Crippen molar-refractivity contribution in [1.82, 2.24) is 0 Å². The van der Waals surface area contributed by atoms with E-state index < -0.39 is 11.7 Å². The predicted molar refractivity (Wildman–Crippen MR) is 65.9 cm³/mol. The molecule has 0 spiro atoms. The summed E-state index contributed by atoms with van der Waals surface area (Å²) in [5, 5.41) is 12.0. The molecule has 0 aromatic heterocycles. The Morgan fingerprint density at radius 2 is 2.12 bits per heavy atom. The highest BCUT2D eigenvalue weighted by atomic mass is 16.6. The van der Waals surface area contributed by atoms with E-state index in [4.69, 9.17) is 10.5 Å². The topological polar surface area (TPSA) is 84.6 Å². The number of carbonyl (C=O) groups excluding carboxylic acids is 1. The van der Waals surface area contributed by atoms with Gasteiger partial charge in [-0.25, -0.2) is 4.79 Å². The Morgan fingerprint density at radius 1 is 1.47 bits per heavy atom. The Labute approximate surface area is 101 Å². The molecule has 0 atom stereocenters. The van der Waals surface area contributed by atoms with Crippen molar-refractivity contribution < 1.29 is 14.6 Å². The fraction of sp³-hybridized carbons (Fsp3) is 0.417. The number of nitrogens with one attached hydrogen (secondary N) is 1. The molecule has 0 aliphatic carbocycles. The van der Waals surface area contributed by atoms with Crippen LogP contribution >= 0.6 is 0 Å². The number of nitrogens with two attached hydrogens (primary N) is 1. The zero-order valence-corrected chi connectivity index (χ0v) is 10.3. The van der Waals surface area contributed by atoms with Crippen molar-refractivity contribution in [2.45, 2.75) is 32.9 Å². The normalized spacial score (nSPS) is 11.1. The molecule has 1 rings (SSSR count). The van der Waals surface area contributed by atoms with Crippen LogP contribution in [0.3, 0.4) is 0 Å². The number of anilines is 1.